The van der Waals surface area contributed by atoms with Crippen LogP contribution in [0.15, 0.2) is 58.1 Å². The maximum Gasteiger partial charge on any atom is 0.216 e. The summed E-state index contributed by atoms with van der Waals surface area (Å²) >= 11 is 0. The Kier molecular flexibility index (Phi) is 6.79. The van der Waals surface area contributed by atoms with Gasteiger partial charge in [0.25, 0.3) is 0 Å². The zero-order valence-electron chi connectivity index (χ0n) is 13.2. The molecule has 0 saturated heterocycles. The summed E-state index contributed by atoms with van der Waals surface area (Å²) in [6, 6.07) is 13.8. The van der Waals surface area contributed by atoms with Crippen molar-refractivity contribution in [2.75, 3.05) is 7.05 Å². The molecule has 7 nitrogen and oxygen atoms in total. The van der Waals surface area contributed by atoms with Gasteiger partial charge in [-0.25, -0.2) is 4.98 Å². The highest BCUT2D eigenvalue weighted by atomic mass is 127. The molecule has 8 heteroatoms. The molecule has 0 fully saturated rings. The maximum atomic E-state index is 5.27. The van der Waals surface area contributed by atoms with Crippen LogP contribution in [-0.4, -0.2) is 28.2 Å². The average Bonchev–Trinajstić information content (AvgIpc) is 3.27. The fourth-order valence-corrected chi connectivity index (χ4v) is 2.06. The Hall–Kier alpha value is -2.36. The van der Waals surface area contributed by atoms with Gasteiger partial charge in [0.2, 0.25) is 5.82 Å². The molecule has 1 aromatic carbocycles. The zero-order chi connectivity index (χ0) is 15.9. The Bertz CT molecular complexity index is 754. The number of aliphatic imine (C=N–C) groups is 1. The van der Waals surface area contributed by atoms with Crippen LogP contribution in [0.5, 0.6) is 0 Å². The quantitative estimate of drug-likeness (QED) is 0.324. The van der Waals surface area contributed by atoms with E-state index in [9.17, 15) is 0 Å². The molecule has 0 radical (unpaired) electrons. The number of aromatic nitrogens is 3. The van der Waals surface area contributed by atoms with Crippen LogP contribution >= 0.6 is 24.0 Å². The first-order valence-electron chi connectivity index (χ1n) is 7.29. The first-order chi connectivity index (χ1) is 11.3. The van der Waals surface area contributed by atoms with Crippen molar-refractivity contribution in [2.45, 2.75) is 13.1 Å². The molecule has 24 heavy (non-hydrogen) atoms. The SMILES string of the molecule is CN=C(NCc1ccccc1)NCc1nc(-c2ccco2)n[nH]1.I. The number of hydrogen-bond acceptors (Lipinski definition) is 4. The van der Waals surface area contributed by atoms with Gasteiger partial charge in [0.1, 0.15) is 5.82 Å². The summed E-state index contributed by atoms with van der Waals surface area (Å²) in [5.41, 5.74) is 1.19. The van der Waals surface area contributed by atoms with E-state index in [2.05, 4.69) is 42.9 Å². The second-order valence-electron chi connectivity index (χ2n) is 4.85. The Morgan fingerprint density at radius 2 is 1.92 bits per heavy atom. The summed E-state index contributed by atoms with van der Waals surface area (Å²) < 4.78 is 5.27. The predicted molar refractivity (Wildman–Crippen MR) is 103 cm³/mol. The largest absolute Gasteiger partial charge is 0.461 e. The third-order valence-electron chi connectivity index (χ3n) is 3.22. The van der Waals surface area contributed by atoms with E-state index in [1.165, 1.54) is 5.56 Å². The smallest absolute Gasteiger partial charge is 0.216 e. The molecule has 0 spiro atoms. The van der Waals surface area contributed by atoms with Crippen LogP contribution in [0.2, 0.25) is 0 Å². The van der Waals surface area contributed by atoms with Crippen molar-refractivity contribution in [2.24, 2.45) is 4.99 Å². The van der Waals surface area contributed by atoms with Crippen molar-refractivity contribution >= 4 is 29.9 Å². The highest BCUT2D eigenvalue weighted by Crippen LogP contribution is 2.14. The molecule has 0 amide bonds. The van der Waals surface area contributed by atoms with Crippen molar-refractivity contribution in [3.63, 3.8) is 0 Å². The van der Waals surface area contributed by atoms with E-state index in [0.29, 0.717) is 36.5 Å². The van der Waals surface area contributed by atoms with Gasteiger partial charge in [-0.05, 0) is 17.7 Å². The molecule has 0 bridgehead atoms. The van der Waals surface area contributed by atoms with Gasteiger partial charge in [0.15, 0.2) is 11.7 Å². The van der Waals surface area contributed by atoms with E-state index in [1.807, 2.05) is 24.3 Å². The average molecular weight is 438 g/mol. The number of rotatable bonds is 5. The van der Waals surface area contributed by atoms with Crippen molar-refractivity contribution in [1.82, 2.24) is 25.8 Å². The molecule has 0 unspecified atom stereocenters. The van der Waals surface area contributed by atoms with Crippen LogP contribution in [0.25, 0.3) is 11.6 Å². The van der Waals surface area contributed by atoms with Gasteiger partial charge in [-0.3, -0.25) is 10.1 Å². The van der Waals surface area contributed by atoms with Gasteiger partial charge in [-0.1, -0.05) is 30.3 Å². The Labute approximate surface area is 157 Å². The van der Waals surface area contributed by atoms with E-state index < -0.39 is 0 Å². The fourth-order valence-electron chi connectivity index (χ4n) is 2.06. The Morgan fingerprint density at radius 3 is 2.62 bits per heavy atom. The summed E-state index contributed by atoms with van der Waals surface area (Å²) in [5, 5.41) is 13.4. The standard InChI is InChI=1S/C16H18N6O.HI/c1-17-16(18-10-12-6-3-2-4-7-12)19-11-14-20-15(22-21-14)13-8-5-9-23-13;/h2-9H,10-11H2,1H3,(H2,17,18,19)(H,20,21,22);1H. The molecule has 126 valence electrons. The highest BCUT2D eigenvalue weighted by molar-refractivity contribution is 14.0. The lowest BCUT2D eigenvalue weighted by Crippen LogP contribution is -2.36. The Morgan fingerprint density at radius 1 is 1.12 bits per heavy atom. The van der Waals surface area contributed by atoms with Crippen LogP contribution in [0, 0.1) is 0 Å². The summed E-state index contributed by atoms with van der Waals surface area (Å²) in [6.07, 6.45) is 1.60. The van der Waals surface area contributed by atoms with Crippen LogP contribution in [0.1, 0.15) is 11.4 Å². The number of hydrogen-bond donors (Lipinski definition) is 3. The van der Waals surface area contributed by atoms with Gasteiger partial charge >= 0.3 is 0 Å². The van der Waals surface area contributed by atoms with Gasteiger partial charge in [0, 0.05) is 13.6 Å². The van der Waals surface area contributed by atoms with Crippen molar-refractivity contribution in [3.05, 3.63) is 60.1 Å². The van der Waals surface area contributed by atoms with E-state index in [1.54, 1.807) is 19.4 Å². The number of benzene rings is 1. The second kappa shape index (κ2) is 9.06. The van der Waals surface area contributed by atoms with Gasteiger partial charge in [0.05, 0.1) is 12.8 Å². The second-order valence-corrected chi connectivity index (χ2v) is 4.85. The molecule has 0 aliphatic heterocycles. The number of aromatic amines is 1. The molecular weight excluding hydrogens is 419 g/mol. The van der Waals surface area contributed by atoms with Crippen molar-refractivity contribution in [1.29, 1.82) is 0 Å². The molecule has 0 saturated carbocycles. The minimum absolute atomic E-state index is 0. The van der Waals surface area contributed by atoms with Gasteiger partial charge in [-0.15, -0.1) is 29.1 Å². The van der Waals surface area contributed by atoms with Crippen LogP contribution in [0.3, 0.4) is 0 Å². The first-order valence-corrected chi connectivity index (χ1v) is 7.29. The van der Waals surface area contributed by atoms with E-state index in [-0.39, 0.29) is 24.0 Å². The minimum Gasteiger partial charge on any atom is -0.461 e. The lowest BCUT2D eigenvalue weighted by Gasteiger charge is -2.10. The number of nitrogens with one attached hydrogen (secondary N) is 3. The van der Waals surface area contributed by atoms with Crippen molar-refractivity contribution in [3.8, 4) is 11.6 Å². The normalized spacial score (nSPS) is 11.0. The monoisotopic (exact) mass is 438 g/mol. The molecule has 2 heterocycles. The lowest BCUT2D eigenvalue weighted by atomic mass is 10.2. The first kappa shape index (κ1) is 18.0. The maximum absolute atomic E-state index is 5.27. The summed E-state index contributed by atoms with van der Waals surface area (Å²) in [6.45, 7) is 1.19. The van der Waals surface area contributed by atoms with Gasteiger partial charge in [-0.2, -0.15) is 0 Å². The van der Waals surface area contributed by atoms with E-state index >= 15 is 0 Å². The molecule has 2 aromatic heterocycles. The molecular formula is C16H19IN6O. The van der Waals surface area contributed by atoms with Crippen molar-refractivity contribution < 1.29 is 4.42 Å². The third kappa shape index (κ3) is 4.82. The van der Waals surface area contributed by atoms with Crippen LogP contribution < -0.4 is 10.6 Å². The van der Waals surface area contributed by atoms with Crippen LogP contribution in [0.4, 0.5) is 0 Å². The number of furan rings is 1. The highest BCUT2D eigenvalue weighted by Gasteiger charge is 2.08. The number of halogens is 1. The predicted octanol–water partition coefficient (Wildman–Crippen LogP) is 2.55. The molecule has 0 aliphatic rings. The third-order valence-corrected chi connectivity index (χ3v) is 3.22. The fraction of sp³-hybridized carbons (Fsp3) is 0.188. The summed E-state index contributed by atoms with van der Waals surface area (Å²) in [4.78, 5) is 8.56. The molecule has 3 aromatic rings. The number of guanidine groups is 1. The molecule has 0 atom stereocenters. The molecule has 0 aliphatic carbocycles. The molecule has 3 rings (SSSR count). The van der Waals surface area contributed by atoms with E-state index in [4.69, 9.17) is 4.42 Å². The number of nitrogens with zero attached hydrogens (tertiary/aromatic N) is 3. The van der Waals surface area contributed by atoms with Gasteiger partial charge < -0.3 is 15.1 Å². The summed E-state index contributed by atoms with van der Waals surface area (Å²) in [5.74, 6) is 2.59. The zero-order valence-corrected chi connectivity index (χ0v) is 15.5. The summed E-state index contributed by atoms with van der Waals surface area (Å²) in [7, 11) is 1.73. The minimum atomic E-state index is 0. The Balaban J connectivity index is 0.00000208. The molecule has 3 N–H and O–H groups in total. The topological polar surface area (TPSA) is 91.1 Å². The van der Waals surface area contributed by atoms with E-state index in [0.717, 1.165) is 0 Å². The lowest BCUT2D eigenvalue weighted by molar-refractivity contribution is 0.577. The van der Waals surface area contributed by atoms with Crippen LogP contribution in [-0.2, 0) is 13.1 Å². The number of H-pyrrole nitrogens is 1.